The fraction of sp³-hybridized carbons (Fsp3) is 1.00. The van der Waals surface area contributed by atoms with Crippen molar-refractivity contribution in [2.75, 3.05) is 5.88 Å². The molecule has 0 aromatic carbocycles. The Labute approximate surface area is 104 Å². The average Bonchev–Trinajstić information content (AvgIpc) is 2.37. The Kier molecular flexibility index (Phi) is 4.32. The zero-order chi connectivity index (χ0) is 11.9. The summed E-state index contributed by atoms with van der Waals surface area (Å²) in [6.07, 6.45) is 1.59. The molecule has 0 aromatic rings. The Hall–Kier alpha value is 0.901. The van der Waals surface area contributed by atoms with Crippen LogP contribution in [0.15, 0.2) is 0 Å². The topological polar surface area (TPSA) is 9.23 Å². The molecule has 15 heavy (non-hydrogen) atoms. The zero-order valence-corrected chi connectivity index (χ0v) is 14.5. The van der Waals surface area contributed by atoms with Gasteiger partial charge in [0.15, 0.2) is 8.32 Å². The van der Waals surface area contributed by atoms with Crippen LogP contribution in [0.3, 0.4) is 0 Å². The minimum Gasteiger partial charge on any atom is -0.413 e. The highest BCUT2D eigenvalue weighted by Gasteiger charge is 2.59. The lowest BCUT2D eigenvalue weighted by Gasteiger charge is -2.43. The summed E-state index contributed by atoms with van der Waals surface area (Å²) in [5, 5.41) is 0. The van der Waals surface area contributed by atoms with Crippen molar-refractivity contribution in [3.8, 4) is 0 Å². The van der Waals surface area contributed by atoms with Gasteiger partial charge < -0.3 is 4.43 Å². The van der Waals surface area contributed by atoms with Crippen molar-refractivity contribution < 1.29 is 4.43 Å². The highest BCUT2D eigenvalue weighted by atomic mass is 35.5. The molecule has 1 heterocycles. The monoisotopic (exact) mass is 278 g/mol. The first-order valence-electron chi connectivity index (χ1n) is 5.63. The maximum Gasteiger partial charge on any atom is 0.187 e. The molecule has 0 N–H and O–H groups in total. The molecule has 5 heteroatoms. The fourth-order valence-electron chi connectivity index (χ4n) is 3.34. The standard InChI is InChI=1S/C10H23ClOSi3/c1-13(2)10(14(3)4)7-9(8-11)12-15(10,5)6/h9H,7-8H2,1-6H3. The third-order valence-corrected chi connectivity index (χ3v) is 20.9. The average molecular weight is 279 g/mol. The summed E-state index contributed by atoms with van der Waals surface area (Å²) in [7, 11) is -2.12. The molecule has 0 bridgehead atoms. The largest absolute Gasteiger partial charge is 0.413 e. The normalized spacial score (nSPS) is 29.0. The third-order valence-electron chi connectivity index (χ3n) is 3.90. The first kappa shape index (κ1) is 14.0. The van der Waals surface area contributed by atoms with Crippen molar-refractivity contribution >= 4 is 37.5 Å². The van der Waals surface area contributed by atoms with Gasteiger partial charge in [0.05, 0.1) is 6.10 Å². The van der Waals surface area contributed by atoms with Crippen LogP contribution in [0.5, 0.6) is 0 Å². The predicted octanol–water partition coefficient (Wildman–Crippen LogP) is 3.55. The maximum atomic E-state index is 6.29. The van der Waals surface area contributed by atoms with Crippen LogP contribution in [0, 0.1) is 0 Å². The highest BCUT2D eigenvalue weighted by Crippen LogP contribution is 2.53. The molecule has 0 aliphatic carbocycles. The quantitative estimate of drug-likeness (QED) is 0.567. The van der Waals surface area contributed by atoms with Crippen LogP contribution in [0.2, 0.25) is 43.6 Å². The van der Waals surface area contributed by atoms with Crippen molar-refractivity contribution in [1.82, 2.24) is 0 Å². The molecule has 1 unspecified atom stereocenters. The second-order valence-electron chi connectivity index (χ2n) is 5.51. The van der Waals surface area contributed by atoms with Crippen LogP contribution >= 0.6 is 11.6 Å². The van der Waals surface area contributed by atoms with Crippen LogP contribution in [-0.4, -0.2) is 37.9 Å². The molecule has 88 valence electrons. The Morgan fingerprint density at radius 2 is 1.73 bits per heavy atom. The second kappa shape index (κ2) is 4.64. The van der Waals surface area contributed by atoms with Gasteiger partial charge >= 0.3 is 0 Å². The molecule has 1 atom stereocenters. The molecule has 0 spiro atoms. The minimum absolute atomic E-state index is 0.296. The molecule has 0 saturated carbocycles. The first-order chi connectivity index (χ1) is 6.78. The lowest BCUT2D eigenvalue weighted by atomic mass is 10.3. The Balaban J connectivity index is 3.07. The predicted molar refractivity (Wildman–Crippen MR) is 75.3 cm³/mol. The van der Waals surface area contributed by atoms with Gasteiger partial charge in [0.1, 0.15) is 0 Å². The zero-order valence-electron chi connectivity index (χ0n) is 10.8. The van der Waals surface area contributed by atoms with Gasteiger partial charge in [-0.15, -0.1) is 11.6 Å². The smallest absolute Gasteiger partial charge is 0.187 e. The summed E-state index contributed by atoms with van der Waals surface area (Å²) < 4.78 is 6.89. The number of hydrogen-bond donors (Lipinski definition) is 0. The van der Waals surface area contributed by atoms with E-state index in [0.29, 0.717) is 16.3 Å². The van der Waals surface area contributed by atoms with Crippen molar-refractivity contribution in [3.05, 3.63) is 0 Å². The van der Waals surface area contributed by atoms with E-state index >= 15 is 0 Å². The van der Waals surface area contributed by atoms with E-state index in [1.807, 2.05) is 0 Å². The molecular weight excluding hydrogens is 256 g/mol. The van der Waals surface area contributed by atoms with Gasteiger partial charge in [0, 0.05) is 23.5 Å². The molecule has 1 aliphatic rings. The number of hydrogen-bond acceptors (Lipinski definition) is 1. The van der Waals surface area contributed by atoms with E-state index in [2.05, 4.69) is 39.3 Å². The van der Waals surface area contributed by atoms with Gasteiger partial charge in [-0.05, 0) is 23.8 Å². The maximum absolute atomic E-state index is 6.29. The molecule has 1 saturated heterocycles. The number of alkyl halides is 1. The van der Waals surface area contributed by atoms with Crippen LogP contribution in [0.25, 0.3) is 0 Å². The van der Waals surface area contributed by atoms with Crippen molar-refractivity contribution in [2.45, 2.75) is 56.1 Å². The summed E-state index contributed by atoms with van der Waals surface area (Å²) in [6.45, 7) is 14.7. The summed E-state index contributed by atoms with van der Waals surface area (Å²) >= 11 is 5.99. The van der Waals surface area contributed by atoms with Crippen molar-refractivity contribution in [3.63, 3.8) is 0 Å². The van der Waals surface area contributed by atoms with Gasteiger partial charge in [-0.2, -0.15) is 0 Å². The third kappa shape index (κ3) is 2.16. The number of halogens is 1. The molecule has 1 rings (SSSR count). The lowest BCUT2D eigenvalue weighted by molar-refractivity contribution is 0.249. The van der Waals surface area contributed by atoms with Crippen LogP contribution in [0.4, 0.5) is 0 Å². The minimum atomic E-state index is -1.52. The van der Waals surface area contributed by atoms with E-state index in [-0.39, 0.29) is 17.6 Å². The van der Waals surface area contributed by atoms with Gasteiger partial charge in [-0.3, -0.25) is 0 Å². The van der Waals surface area contributed by atoms with Gasteiger partial charge in [0.25, 0.3) is 0 Å². The van der Waals surface area contributed by atoms with Crippen molar-refractivity contribution in [1.29, 1.82) is 0 Å². The van der Waals surface area contributed by atoms with E-state index in [4.69, 9.17) is 16.0 Å². The Morgan fingerprint density at radius 1 is 1.27 bits per heavy atom. The highest BCUT2D eigenvalue weighted by molar-refractivity contribution is 7.03. The van der Waals surface area contributed by atoms with E-state index in [0.717, 1.165) is 0 Å². The van der Waals surface area contributed by atoms with Crippen LogP contribution in [0.1, 0.15) is 6.42 Å². The second-order valence-corrected chi connectivity index (χ2v) is 17.1. The van der Waals surface area contributed by atoms with Gasteiger partial charge in [-0.25, -0.2) is 0 Å². The Morgan fingerprint density at radius 3 is 1.93 bits per heavy atom. The molecule has 0 amide bonds. The molecule has 0 aromatic heterocycles. The van der Waals surface area contributed by atoms with E-state index in [9.17, 15) is 0 Å². The first-order valence-corrected chi connectivity index (χ1v) is 14.1. The van der Waals surface area contributed by atoms with Gasteiger partial charge in [-0.1, -0.05) is 26.2 Å². The molecule has 1 aliphatic heterocycles. The molecular formula is C10H23ClOSi3. The number of rotatable bonds is 3. The van der Waals surface area contributed by atoms with Crippen LogP contribution in [-0.2, 0) is 4.43 Å². The molecule has 2 radical (unpaired) electrons. The Bertz CT molecular complexity index is 223. The SMILES string of the molecule is C[Si](C)C1([Si](C)C)CC(CCl)O[Si]1(C)C. The van der Waals surface area contributed by atoms with Gasteiger partial charge in [0.2, 0.25) is 0 Å². The summed E-state index contributed by atoms with van der Waals surface area (Å²) in [5.41, 5.74) is 0. The van der Waals surface area contributed by atoms with Crippen LogP contribution < -0.4 is 0 Å². The summed E-state index contributed by atoms with van der Waals surface area (Å²) in [5.74, 6) is 0.683. The lowest BCUT2D eigenvalue weighted by Crippen LogP contribution is -2.53. The molecule has 1 fully saturated rings. The summed E-state index contributed by atoms with van der Waals surface area (Å²) in [6, 6.07) is 0. The van der Waals surface area contributed by atoms with E-state index < -0.39 is 8.32 Å². The molecule has 1 nitrogen and oxygen atoms in total. The summed E-state index contributed by atoms with van der Waals surface area (Å²) in [4.78, 5) is 0. The van der Waals surface area contributed by atoms with E-state index in [1.165, 1.54) is 6.42 Å². The van der Waals surface area contributed by atoms with Crippen molar-refractivity contribution in [2.24, 2.45) is 0 Å². The fourth-order valence-corrected chi connectivity index (χ4v) is 20.8. The van der Waals surface area contributed by atoms with E-state index in [1.54, 1.807) is 0 Å².